The van der Waals surface area contributed by atoms with Gasteiger partial charge in [-0.25, -0.2) is 9.48 Å². The van der Waals surface area contributed by atoms with Crippen LogP contribution in [-0.2, 0) is 20.7 Å². The third kappa shape index (κ3) is 5.55. The van der Waals surface area contributed by atoms with Crippen molar-refractivity contribution in [2.45, 2.75) is 20.3 Å². The molecule has 0 radical (unpaired) electrons. The van der Waals surface area contributed by atoms with Crippen molar-refractivity contribution in [2.24, 2.45) is 0 Å². The van der Waals surface area contributed by atoms with Crippen molar-refractivity contribution >= 4 is 56.9 Å². The van der Waals surface area contributed by atoms with Crippen LogP contribution in [0.1, 0.15) is 29.9 Å². The Labute approximate surface area is 208 Å². The van der Waals surface area contributed by atoms with E-state index in [2.05, 4.69) is 31.2 Å². The number of ether oxygens (including phenoxy) is 1. The molecule has 3 rings (SSSR count). The van der Waals surface area contributed by atoms with Crippen molar-refractivity contribution in [2.75, 3.05) is 6.61 Å². The van der Waals surface area contributed by atoms with Crippen molar-refractivity contribution in [1.82, 2.24) is 20.6 Å². The van der Waals surface area contributed by atoms with Crippen molar-refractivity contribution in [3.63, 3.8) is 0 Å². The minimum absolute atomic E-state index is 0.0307. The van der Waals surface area contributed by atoms with Gasteiger partial charge in [0, 0.05) is 20.6 Å². The maximum atomic E-state index is 12.9. The largest absolute Gasteiger partial charge is 0.459 e. The van der Waals surface area contributed by atoms with Gasteiger partial charge in [0.1, 0.15) is 0 Å². The molecule has 11 heteroatoms. The third-order valence-electron chi connectivity index (χ3n) is 4.56. The zero-order valence-corrected chi connectivity index (χ0v) is 20.7. The van der Waals surface area contributed by atoms with Gasteiger partial charge in [0.15, 0.2) is 5.69 Å². The molecule has 0 fully saturated rings. The van der Waals surface area contributed by atoms with Gasteiger partial charge in [0.2, 0.25) is 0 Å². The number of nitrogens with one attached hydrogen (secondary N) is 2. The number of aromatic nitrogens is 2. The zero-order valence-electron chi connectivity index (χ0n) is 17.6. The van der Waals surface area contributed by atoms with Gasteiger partial charge in [-0.05, 0) is 43.7 Å². The molecule has 2 amide bonds. The molecule has 2 N–H and O–H groups in total. The summed E-state index contributed by atoms with van der Waals surface area (Å²) in [6, 6.07) is 12.4. The molecule has 0 saturated carbocycles. The molecule has 0 unspecified atom stereocenters. The molecule has 0 bridgehead atoms. The second-order valence-corrected chi connectivity index (χ2v) is 8.43. The second kappa shape index (κ2) is 10.8. The van der Waals surface area contributed by atoms with Gasteiger partial charge in [-0.1, -0.05) is 58.2 Å². The minimum atomic E-state index is -1.11. The fourth-order valence-electron chi connectivity index (χ4n) is 3.12. The van der Waals surface area contributed by atoms with E-state index in [0.29, 0.717) is 33.4 Å². The van der Waals surface area contributed by atoms with Crippen LogP contribution in [-0.4, -0.2) is 34.2 Å². The van der Waals surface area contributed by atoms with E-state index < -0.39 is 17.8 Å². The molecular weight excluding hydrogens is 535 g/mol. The van der Waals surface area contributed by atoms with E-state index in [1.54, 1.807) is 29.8 Å². The van der Waals surface area contributed by atoms with Gasteiger partial charge >= 0.3 is 11.9 Å². The topological polar surface area (TPSA) is 102 Å². The first-order chi connectivity index (χ1) is 15.8. The second-order valence-electron chi connectivity index (χ2n) is 6.67. The van der Waals surface area contributed by atoms with Crippen LogP contribution in [0.3, 0.4) is 0 Å². The molecule has 0 spiro atoms. The summed E-state index contributed by atoms with van der Waals surface area (Å²) in [5.41, 5.74) is 6.89. The Morgan fingerprint density at radius 3 is 2.36 bits per heavy atom. The normalized spacial score (nSPS) is 10.6. The van der Waals surface area contributed by atoms with Crippen molar-refractivity contribution in [3.05, 3.63) is 68.2 Å². The maximum Gasteiger partial charge on any atom is 0.398 e. The molecule has 3 aromatic rings. The Hall–Kier alpha value is -2.88. The molecule has 1 heterocycles. The van der Waals surface area contributed by atoms with Crippen LogP contribution in [0.5, 0.6) is 0 Å². The Bertz CT molecular complexity index is 1210. The fourth-order valence-corrected chi connectivity index (χ4v) is 3.87. The van der Waals surface area contributed by atoms with Gasteiger partial charge in [-0.2, -0.15) is 5.10 Å². The first-order valence-corrected chi connectivity index (χ1v) is 11.4. The molecule has 8 nitrogen and oxygen atoms in total. The molecule has 0 aliphatic carbocycles. The smallest absolute Gasteiger partial charge is 0.398 e. The number of carbonyl (C=O) groups excluding carboxylic acids is 3. The van der Waals surface area contributed by atoms with Gasteiger partial charge in [-0.15, -0.1) is 0 Å². The quantitative estimate of drug-likeness (QED) is 0.275. The van der Waals surface area contributed by atoms with E-state index in [1.165, 1.54) is 0 Å². The number of hydrogen-bond donors (Lipinski definition) is 2. The van der Waals surface area contributed by atoms with Gasteiger partial charge in [-0.3, -0.25) is 20.4 Å². The van der Waals surface area contributed by atoms with Crippen molar-refractivity contribution < 1.29 is 19.1 Å². The lowest BCUT2D eigenvalue weighted by Crippen LogP contribution is -2.45. The third-order valence-corrected chi connectivity index (χ3v) is 5.62. The predicted octanol–water partition coefficient (Wildman–Crippen LogP) is 4.50. The number of carbonyl (C=O) groups is 3. The predicted molar refractivity (Wildman–Crippen MR) is 128 cm³/mol. The summed E-state index contributed by atoms with van der Waals surface area (Å²) in [5.74, 6) is -2.91. The summed E-state index contributed by atoms with van der Waals surface area (Å²) < 4.78 is 7.05. The molecule has 33 heavy (non-hydrogen) atoms. The van der Waals surface area contributed by atoms with Crippen LogP contribution in [0.25, 0.3) is 16.9 Å². The SMILES string of the molecule is CCOC(=O)C(=O)NNC(=O)c1nn(-c2ccc(Cl)cc2Cl)c(-c2ccc(Br)cc2)c1CC. The highest BCUT2D eigenvalue weighted by atomic mass is 79.9. The van der Waals surface area contributed by atoms with Crippen LogP contribution in [0, 0.1) is 0 Å². The first kappa shape index (κ1) is 24.8. The summed E-state index contributed by atoms with van der Waals surface area (Å²) in [5, 5.41) is 5.29. The van der Waals surface area contributed by atoms with Crippen LogP contribution in [0.15, 0.2) is 46.9 Å². The highest BCUT2D eigenvalue weighted by Gasteiger charge is 2.26. The number of amides is 2. The Balaban J connectivity index is 2.08. The van der Waals surface area contributed by atoms with Gasteiger partial charge in [0.05, 0.1) is 23.0 Å². The van der Waals surface area contributed by atoms with Crippen molar-refractivity contribution in [3.8, 4) is 16.9 Å². The monoisotopic (exact) mass is 552 g/mol. The number of esters is 1. The molecule has 0 aliphatic heterocycles. The maximum absolute atomic E-state index is 12.9. The van der Waals surface area contributed by atoms with E-state index in [9.17, 15) is 14.4 Å². The van der Waals surface area contributed by atoms with Crippen LogP contribution < -0.4 is 10.9 Å². The number of halogens is 3. The van der Waals surface area contributed by atoms with E-state index in [1.807, 2.05) is 36.6 Å². The average Bonchev–Trinajstić information content (AvgIpc) is 3.17. The fraction of sp³-hybridized carbons (Fsp3) is 0.182. The minimum Gasteiger partial charge on any atom is -0.459 e. The molecule has 0 aliphatic rings. The van der Waals surface area contributed by atoms with Gasteiger partial charge in [0.25, 0.3) is 5.91 Å². The molecule has 2 aromatic carbocycles. The zero-order chi connectivity index (χ0) is 24.1. The Kier molecular flexibility index (Phi) is 8.12. The highest BCUT2D eigenvalue weighted by molar-refractivity contribution is 9.10. The standard InChI is InChI=1S/C22H19BrCl2N4O4/c1-3-15-18(20(30)26-27-21(31)22(32)33-4-2)28-29(17-10-9-14(24)11-16(17)25)19(15)12-5-7-13(23)8-6-12/h5-11H,3-4H2,1-2H3,(H,26,30)(H,27,31). The number of hydrogen-bond acceptors (Lipinski definition) is 5. The molecule has 172 valence electrons. The van der Waals surface area contributed by atoms with Crippen LogP contribution >= 0.6 is 39.1 Å². The lowest BCUT2D eigenvalue weighted by atomic mass is 10.0. The lowest BCUT2D eigenvalue weighted by Gasteiger charge is -2.11. The summed E-state index contributed by atoms with van der Waals surface area (Å²) >= 11 is 15.9. The first-order valence-electron chi connectivity index (χ1n) is 9.87. The summed E-state index contributed by atoms with van der Waals surface area (Å²) in [4.78, 5) is 36.2. The molecule has 0 saturated heterocycles. The van der Waals surface area contributed by atoms with E-state index in [4.69, 9.17) is 23.2 Å². The molecular formula is C22H19BrCl2N4O4. The lowest BCUT2D eigenvalue weighted by molar-refractivity contribution is -0.154. The number of nitrogens with zero attached hydrogens (tertiary/aromatic N) is 2. The highest BCUT2D eigenvalue weighted by Crippen LogP contribution is 2.33. The summed E-state index contributed by atoms with van der Waals surface area (Å²) in [6.07, 6.45) is 0.450. The van der Waals surface area contributed by atoms with Crippen LogP contribution in [0.2, 0.25) is 10.0 Å². The van der Waals surface area contributed by atoms with Crippen molar-refractivity contribution in [1.29, 1.82) is 0 Å². The van der Waals surface area contributed by atoms with E-state index in [-0.39, 0.29) is 12.3 Å². The average molecular weight is 554 g/mol. The summed E-state index contributed by atoms with van der Waals surface area (Å²) in [7, 11) is 0. The summed E-state index contributed by atoms with van der Waals surface area (Å²) in [6.45, 7) is 3.47. The number of rotatable bonds is 5. The molecule has 1 aromatic heterocycles. The van der Waals surface area contributed by atoms with E-state index in [0.717, 1.165) is 10.0 Å². The van der Waals surface area contributed by atoms with Gasteiger partial charge < -0.3 is 4.74 Å². The Morgan fingerprint density at radius 2 is 1.76 bits per heavy atom. The molecule has 0 atom stereocenters. The van der Waals surface area contributed by atoms with E-state index >= 15 is 0 Å². The number of benzene rings is 2. The Morgan fingerprint density at radius 1 is 1.06 bits per heavy atom. The number of hydrazine groups is 1. The van der Waals surface area contributed by atoms with Crippen LogP contribution in [0.4, 0.5) is 0 Å².